The molecule has 6 nitrogen and oxygen atoms in total. The maximum atomic E-state index is 4.70. The van der Waals surface area contributed by atoms with Gasteiger partial charge in [-0.2, -0.15) is 0 Å². The minimum absolute atomic E-state index is 0.438. The fourth-order valence-corrected chi connectivity index (χ4v) is 3.30. The SMILES string of the molecule is CC1CN(c2nccc(-c3cnccn3)n2)CCN1Cc1ccccc1. The number of piperazine rings is 1. The van der Waals surface area contributed by atoms with Gasteiger partial charge < -0.3 is 4.90 Å². The molecule has 132 valence electrons. The molecule has 3 heterocycles. The highest BCUT2D eigenvalue weighted by Gasteiger charge is 2.25. The Bertz CT molecular complexity index is 839. The van der Waals surface area contributed by atoms with E-state index in [0.717, 1.165) is 43.5 Å². The standard InChI is InChI=1S/C20H22N6/c1-16-14-26(12-11-25(16)15-17-5-3-2-4-6-17)20-23-8-7-18(24-20)19-13-21-9-10-22-19/h2-10,13,16H,11-12,14-15H2,1H3. The van der Waals surface area contributed by atoms with E-state index in [-0.39, 0.29) is 0 Å². The van der Waals surface area contributed by atoms with Crippen LogP contribution in [0.4, 0.5) is 5.95 Å². The van der Waals surface area contributed by atoms with Gasteiger partial charge in [0.2, 0.25) is 5.95 Å². The molecule has 0 saturated carbocycles. The minimum atomic E-state index is 0.438. The Hall–Kier alpha value is -2.86. The molecule has 1 fully saturated rings. The molecule has 0 bridgehead atoms. The number of hydrogen-bond donors (Lipinski definition) is 0. The molecule has 1 aliphatic rings. The first-order chi connectivity index (χ1) is 12.8. The molecular weight excluding hydrogens is 324 g/mol. The van der Waals surface area contributed by atoms with E-state index in [1.165, 1.54) is 5.56 Å². The first-order valence-electron chi connectivity index (χ1n) is 8.92. The predicted octanol–water partition coefficient (Wildman–Crippen LogP) is 2.64. The minimum Gasteiger partial charge on any atom is -0.338 e. The average molecular weight is 346 g/mol. The van der Waals surface area contributed by atoms with Crippen LogP contribution in [-0.4, -0.2) is 50.5 Å². The van der Waals surface area contributed by atoms with Crippen molar-refractivity contribution in [2.24, 2.45) is 0 Å². The lowest BCUT2D eigenvalue weighted by Gasteiger charge is -2.40. The molecule has 26 heavy (non-hydrogen) atoms. The Morgan fingerprint density at radius 1 is 0.962 bits per heavy atom. The van der Waals surface area contributed by atoms with E-state index in [0.29, 0.717) is 6.04 Å². The van der Waals surface area contributed by atoms with Crippen molar-refractivity contribution in [2.45, 2.75) is 19.5 Å². The highest BCUT2D eigenvalue weighted by atomic mass is 15.3. The maximum absolute atomic E-state index is 4.70. The van der Waals surface area contributed by atoms with Gasteiger partial charge in [-0.05, 0) is 18.6 Å². The zero-order valence-corrected chi connectivity index (χ0v) is 14.9. The van der Waals surface area contributed by atoms with E-state index in [4.69, 9.17) is 4.98 Å². The van der Waals surface area contributed by atoms with Crippen molar-refractivity contribution in [3.8, 4) is 11.4 Å². The van der Waals surface area contributed by atoms with Crippen molar-refractivity contribution >= 4 is 5.95 Å². The normalized spacial score (nSPS) is 18.0. The summed E-state index contributed by atoms with van der Waals surface area (Å²) in [6, 6.07) is 12.9. The highest BCUT2D eigenvalue weighted by molar-refractivity contribution is 5.54. The van der Waals surface area contributed by atoms with Crippen LogP contribution in [0.5, 0.6) is 0 Å². The number of aromatic nitrogens is 4. The zero-order valence-electron chi connectivity index (χ0n) is 14.9. The van der Waals surface area contributed by atoms with E-state index >= 15 is 0 Å². The van der Waals surface area contributed by atoms with Crippen molar-refractivity contribution < 1.29 is 0 Å². The highest BCUT2D eigenvalue weighted by Crippen LogP contribution is 2.20. The van der Waals surface area contributed by atoms with Crippen molar-refractivity contribution in [3.05, 3.63) is 66.7 Å². The molecule has 1 atom stereocenters. The van der Waals surface area contributed by atoms with E-state index in [1.807, 2.05) is 6.07 Å². The molecule has 1 aliphatic heterocycles. The van der Waals surface area contributed by atoms with Crippen LogP contribution in [0, 0.1) is 0 Å². The molecule has 6 heteroatoms. The number of anilines is 1. The third kappa shape index (κ3) is 3.70. The molecule has 0 N–H and O–H groups in total. The van der Waals surface area contributed by atoms with Crippen LogP contribution in [0.15, 0.2) is 61.2 Å². The number of hydrogen-bond acceptors (Lipinski definition) is 6. The van der Waals surface area contributed by atoms with Crippen molar-refractivity contribution in [3.63, 3.8) is 0 Å². The van der Waals surface area contributed by atoms with E-state index in [2.05, 4.69) is 62.0 Å². The zero-order chi connectivity index (χ0) is 17.8. The van der Waals surface area contributed by atoms with E-state index < -0.39 is 0 Å². The fourth-order valence-electron chi connectivity index (χ4n) is 3.30. The molecule has 1 aromatic carbocycles. The quantitative estimate of drug-likeness (QED) is 0.724. The molecule has 0 amide bonds. The van der Waals surface area contributed by atoms with Crippen LogP contribution in [0.25, 0.3) is 11.4 Å². The van der Waals surface area contributed by atoms with Crippen molar-refractivity contribution in [2.75, 3.05) is 24.5 Å². The van der Waals surface area contributed by atoms with Gasteiger partial charge in [0, 0.05) is 50.8 Å². The van der Waals surface area contributed by atoms with Crippen LogP contribution in [-0.2, 0) is 6.54 Å². The topological polar surface area (TPSA) is 58.0 Å². The lowest BCUT2D eigenvalue weighted by molar-refractivity contribution is 0.180. The summed E-state index contributed by atoms with van der Waals surface area (Å²) in [5, 5.41) is 0. The Morgan fingerprint density at radius 2 is 1.85 bits per heavy atom. The molecule has 1 saturated heterocycles. The molecule has 3 aromatic rings. The molecule has 0 spiro atoms. The van der Waals surface area contributed by atoms with E-state index in [9.17, 15) is 0 Å². The Balaban J connectivity index is 1.46. The van der Waals surface area contributed by atoms with Crippen LogP contribution >= 0.6 is 0 Å². The number of benzene rings is 1. The Labute approximate surface area is 153 Å². The van der Waals surface area contributed by atoms with Crippen molar-refractivity contribution in [1.82, 2.24) is 24.8 Å². The van der Waals surface area contributed by atoms with Crippen molar-refractivity contribution in [1.29, 1.82) is 0 Å². The fraction of sp³-hybridized carbons (Fsp3) is 0.300. The van der Waals surface area contributed by atoms with Crippen LogP contribution < -0.4 is 4.90 Å². The Kier molecular flexibility index (Phi) is 4.84. The molecule has 1 unspecified atom stereocenters. The van der Waals surface area contributed by atoms with Crippen LogP contribution in [0.3, 0.4) is 0 Å². The summed E-state index contributed by atoms with van der Waals surface area (Å²) in [6.45, 7) is 6.07. The van der Waals surface area contributed by atoms with Gasteiger partial charge in [-0.25, -0.2) is 9.97 Å². The third-order valence-electron chi connectivity index (χ3n) is 4.74. The lowest BCUT2D eigenvalue weighted by Crippen LogP contribution is -2.51. The summed E-state index contributed by atoms with van der Waals surface area (Å²) in [5.74, 6) is 0.763. The predicted molar refractivity (Wildman–Crippen MR) is 102 cm³/mol. The van der Waals surface area contributed by atoms with Gasteiger partial charge in [-0.1, -0.05) is 30.3 Å². The molecule has 4 rings (SSSR count). The Morgan fingerprint density at radius 3 is 2.62 bits per heavy atom. The van der Waals surface area contributed by atoms with Gasteiger partial charge in [0.25, 0.3) is 0 Å². The van der Waals surface area contributed by atoms with Crippen LogP contribution in [0.2, 0.25) is 0 Å². The van der Waals surface area contributed by atoms with Crippen LogP contribution in [0.1, 0.15) is 12.5 Å². The second-order valence-electron chi connectivity index (χ2n) is 6.58. The molecule has 2 aromatic heterocycles. The van der Waals surface area contributed by atoms with Gasteiger partial charge in [0.15, 0.2) is 0 Å². The summed E-state index contributed by atoms with van der Waals surface area (Å²) >= 11 is 0. The second-order valence-corrected chi connectivity index (χ2v) is 6.58. The first-order valence-corrected chi connectivity index (χ1v) is 8.92. The number of rotatable bonds is 4. The summed E-state index contributed by atoms with van der Waals surface area (Å²) in [6.07, 6.45) is 6.88. The third-order valence-corrected chi connectivity index (χ3v) is 4.74. The smallest absolute Gasteiger partial charge is 0.226 e. The van der Waals surface area contributed by atoms with Gasteiger partial charge in [0.1, 0.15) is 5.69 Å². The monoisotopic (exact) mass is 346 g/mol. The molecule has 0 radical (unpaired) electrons. The second kappa shape index (κ2) is 7.58. The molecular formula is C20H22N6. The first kappa shape index (κ1) is 16.6. The summed E-state index contributed by atoms with van der Waals surface area (Å²) in [5.41, 5.74) is 2.93. The van der Waals surface area contributed by atoms with Gasteiger partial charge in [0.05, 0.1) is 11.9 Å². The van der Waals surface area contributed by atoms with E-state index in [1.54, 1.807) is 24.8 Å². The summed E-state index contributed by atoms with van der Waals surface area (Å²) in [4.78, 5) is 22.4. The maximum Gasteiger partial charge on any atom is 0.226 e. The largest absolute Gasteiger partial charge is 0.338 e. The van der Waals surface area contributed by atoms with Gasteiger partial charge >= 0.3 is 0 Å². The summed E-state index contributed by atoms with van der Waals surface area (Å²) < 4.78 is 0. The average Bonchev–Trinajstić information content (AvgIpc) is 2.71. The van der Waals surface area contributed by atoms with Gasteiger partial charge in [-0.15, -0.1) is 0 Å². The van der Waals surface area contributed by atoms with Gasteiger partial charge in [-0.3, -0.25) is 14.9 Å². The summed E-state index contributed by atoms with van der Waals surface area (Å²) in [7, 11) is 0. The molecule has 0 aliphatic carbocycles. The number of nitrogens with zero attached hydrogens (tertiary/aromatic N) is 6. The lowest BCUT2D eigenvalue weighted by atomic mass is 10.1.